The van der Waals surface area contributed by atoms with E-state index >= 15 is 0 Å². The lowest BCUT2D eigenvalue weighted by Crippen LogP contribution is -2.30. The topological polar surface area (TPSA) is 91.1 Å². The Morgan fingerprint density at radius 2 is 0.327 bits per heavy atom. The second-order valence-electron chi connectivity index (χ2n) is 42.3. The molecule has 0 fully saturated rings. The molecule has 2 aromatic heterocycles. The molecule has 150 heavy (non-hydrogen) atoms. The molecular formula is C138H104N6O4S2. The Bertz CT molecular complexity index is 8630. The van der Waals surface area contributed by atoms with Crippen LogP contribution in [0.25, 0.3) is 122 Å². The van der Waals surface area contributed by atoms with Crippen LogP contribution in [0.3, 0.4) is 0 Å². The molecule has 23 aromatic rings. The van der Waals surface area contributed by atoms with Gasteiger partial charge in [0.25, 0.3) is 0 Å². The summed E-state index contributed by atoms with van der Waals surface area (Å²) in [6.45, 7) is 18.7. The van der Waals surface area contributed by atoms with E-state index in [0.717, 1.165) is 190 Å². The van der Waals surface area contributed by atoms with Crippen LogP contribution in [0.5, 0.6) is 0 Å². The Balaban J connectivity index is 0.644. The lowest BCUT2D eigenvalue weighted by Gasteiger charge is -2.42. The molecule has 0 saturated heterocycles. The van der Waals surface area contributed by atoms with Gasteiger partial charge >= 0.3 is 0 Å². The largest absolute Gasteiger partial charge is 0.310 e. The van der Waals surface area contributed by atoms with Gasteiger partial charge in [-0.15, -0.1) is 0 Å². The third kappa shape index (κ3) is 14.3. The van der Waals surface area contributed by atoms with E-state index in [9.17, 15) is 16.8 Å². The van der Waals surface area contributed by atoms with Crippen LogP contribution in [0.1, 0.15) is 99.9 Å². The van der Waals surface area contributed by atoms with Crippen LogP contribution in [0, 0.1) is 0 Å². The number of aromatic nitrogens is 2. The first kappa shape index (κ1) is 91.0. The van der Waals surface area contributed by atoms with Gasteiger partial charge in [0, 0.05) is 77.3 Å². The van der Waals surface area contributed by atoms with Crippen molar-refractivity contribution in [2.75, 3.05) is 19.6 Å². The van der Waals surface area contributed by atoms with Gasteiger partial charge in [-0.1, -0.05) is 334 Å². The predicted octanol–water partition coefficient (Wildman–Crippen LogP) is 36.0. The molecule has 12 heteroatoms. The van der Waals surface area contributed by atoms with Crippen LogP contribution in [-0.4, -0.2) is 26.0 Å². The van der Waals surface area contributed by atoms with Crippen molar-refractivity contribution in [3.63, 3.8) is 0 Å². The van der Waals surface area contributed by atoms with E-state index in [2.05, 4.69) is 460 Å². The van der Waals surface area contributed by atoms with Crippen molar-refractivity contribution in [3.8, 4) is 78.1 Å². The zero-order valence-corrected chi connectivity index (χ0v) is 86.0. The Labute approximate surface area is 875 Å². The van der Waals surface area contributed by atoms with E-state index in [1.165, 1.54) is 44.5 Å². The molecule has 0 N–H and O–H groups in total. The molecule has 6 heterocycles. The van der Waals surface area contributed by atoms with Gasteiger partial charge in [0.2, 0.25) is 19.7 Å². The first-order valence-corrected chi connectivity index (χ1v) is 54.4. The maximum atomic E-state index is 14.1. The summed E-state index contributed by atoms with van der Waals surface area (Å²) in [5.74, 6) is 0. The molecular weight excluding hydrogens is 1870 g/mol. The van der Waals surface area contributed by atoms with Crippen molar-refractivity contribution in [2.24, 2.45) is 0 Å². The standard InChI is InChI=1S/C138H104N6O4S2/c1-135(2)115-35-15-23-43-127(115)141(128-44-24-16-36-116(128)135)99-71-79-123-111(83-99)112-84-100(142-129-45-25-17-37-117(129)136(3,4)118-38-18-26-46-130(118)142)72-80-124(112)139(123)97-67-59-95(60-68-97)109-87-108(94-57-53-90(54-58-94)92-65-77-106(78-66-92)150(147,148)104-33-13-10-14-34-104)110(88-107(109)93-55-51-89(52-56-93)91-63-75-105(76-64-91)149(145,146)103-31-11-9-12-32-103)96-61-69-98(70-62-96)140-125-81-73-101(143-131-47-27-19-39-119(131)137(5,6)120-40-20-28-48-132(120)143)85-113(125)114-86-102(74-82-126(114)140)144-133-49-29-21-41-121(133)138(7,8)122-42-22-30-50-134(122)144/h9-88H,1-8H3. The Morgan fingerprint density at radius 3 is 0.540 bits per heavy atom. The summed E-state index contributed by atoms with van der Waals surface area (Å²) in [5, 5.41) is 4.45. The van der Waals surface area contributed by atoms with Gasteiger partial charge < -0.3 is 28.7 Å². The quantitative estimate of drug-likeness (QED) is 0.0945. The second-order valence-corrected chi connectivity index (χ2v) is 46.2. The minimum atomic E-state index is -3.78. The Hall–Kier alpha value is -17.7. The number of rotatable bonds is 16. The van der Waals surface area contributed by atoms with Crippen molar-refractivity contribution in [2.45, 2.75) is 96.6 Å². The molecule has 27 rings (SSSR count). The van der Waals surface area contributed by atoms with Crippen molar-refractivity contribution in [1.82, 2.24) is 9.13 Å². The maximum Gasteiger partial charge on any atom is 0.206 e. The van der Waals surface area contributed by atoms with E-state index in [1.807, 2.05) is 36.4 Å². The van der Waals surface area contributed by atoms with E-state index in [0.29, 0.717) is 0 Å². The Kier molecular flexibility index (Phi) is 20.9. The molecule has 0 aliphatic carbocycles. The molecule has 0 amide bonds. The fourth-order valence-electron chi connectivity index (χ4n) is 24.8. The van der Waals surface area contributed by atoms with Crippen LogP contribution in [0.15, 0.2) is 505 Å². The first-order valence-electron chi connectivity index (χ1n) is 51.5. The first-order chi connectivity index (χ1) is 72.9. The number of anilines is 12. The zero-order valence-electron chi connectivity index (χ0n) is 84.3. The van der Waals surface area contributed by atoms with E-state index in [4.69, 9.17) is 0 Å². The van der Waals surface area contributed by atoms with Gasteiger partial charge in [0.05, 0.1) is 87.1 Å². The van der Waals surface area contributed by atoms with Gasteiger partial charge in [-0.25, -0.2) is 16.8 Å². The number of hydrogen-bond acceptors (Lipinski definition) is 8. The average molecular weight is 1970 g/mol. The highest BCUT2D eigenvalue weighted by atomic mass is 32.2. The summed E-state index contributed by atoms with van der Waals surface area (Å²) in [4.78, 5) is 10.8. The highest BCUT2D eigenvalue weighted by Gasteiger charge is 2.43. The number of nitrogens with zero attached hydrogens (tertiary/aromatic N) is 6. The molecule has 722 valence electrons. The van der Waals surface area contributed by atoms with Gasteiger partial charge in [-0.05, 0) is 318 Å². The molecule has 0 unspecified atom stereocenters. The van der Waals surface area contributed by atoms with Crippen molar-refractivity contribution < 1.29 is 16.8 Å². The molecule has 0 radical (unpaired) electrons. The predicted molar refractivity (Wildman–Crippen MR) is 619 cm³/mol. The van der Waals surface area contributed by atoms with Gasteiger partial charge in [0.1, 0.15) is 0 Å². The number of para-hydroxylation sites is 8. The lowest BCUT2D eigenvalue weighted by molar-refractivity contribution is 0.594. The summed E-state index contributed by atoms with van der Waals surface area (Å²) in [7, 11) is -7.56. The third-order valence-electron chi connectivity index (χ3n) is 32.6. The molecule has 0 spiro atoms. The van der Waals surface area contributed by atoms with Crippen molar-refractivity contribution >= 4 is 132 Å². The number of sulfone groups is 2. The van der Waals surface area contributed by atoms with Crippen LogP contribution in [-0.2, 0) is 41.3 Å². The number of fused-ring (bicyclic) bond motifs is 14. The number of benzene rings is 21. The summed E-state index contributed by atoms with van der Waals surface area (Å²) >= 11 is 0. The normalized spacial score (nSPS) is 14.4. The zero-order chi connectivity index (χ0) is 102. The van der Waals surface area contributed by atoms with E-state index in [-0.39, 0.29) is 41.2 Å². The van der Waals surface area contributed by atoms with Gasteiger partial charge in [-0.2, -0.15) is 0 Å². The fraction of sp³-hybridized carbons (Fsp3) is 0.0870. The lowest BCUT2D eigenvalue weighted by atomic mass is 9.73. The summed E-state index contributed by atoms with van der Waals surface area (Å²) in [6, 6.07) is 171. The second kappa shape index (κ2) is 34.5. The van der Waals surface area contributed by atoms with Gasteiger partial charge in [0.15, 0.2) is 0 Å². The summed E-state index contributed by atoms with van der Waals surface area (Å²) in [5.41, 5.74) is 40.4. The van der Waals surface area contributed by atoms with Crippen LogP contribution in [0.4, 0.5) is 68.2 Å². The Morgan fingerprint density at radius 1 is 0.160 bits per heavy atom. The monoisotopic (exact) mass is 1970 g/mol. The molecule has 4 aliphatic heterocycles. The maximum absolute atomic E-state index is 14.1. The van der Waals surface area contributed by atoms with Crippen LogP contribution < -0.4 is 19.6 Å². The number of hydrogen-bond donors (Lipinski definition) is 0. The van der Waals surface area contributed by atoms with E-state index < -0.39 is 19.7 Å². The smallest absolute Gasteiger partial charge is 0.206 e. The molecule has 0 bridgehead atoms. The minimum absolute atomic E-state index is 0.224. The van der Waals surface area contributed by atoms with E-state index in [1.54, 1.807) is 72.8 Å². The van der Waals surface area contributed by atoms with Gasteiger partial charge in [-0.3, -0.25) is 0 Å². The SMILES string of the molecule is CC1(C)c2ccccc2N(c2ccc3c(c2)c2cc(N4c5ccccc5C(C)(C)c5ccccc54)ccc2n3-c2ccc(-c3cc(-c4ccc(-c5ccc(S(=O)(=O)c6ccccc6)cc5)cc4)c(-c4ccc(-n5c6ccc(N7c8ccccc8C(C)(C)c8ccccc87)cc6c6cc(N7c8ccccc8C(C)(C)c8ccccc87)ccc65)cc4)cc3-c3ccc(-c4ccc(S(=O)(=O)c5ccccc5)cc4)cc3)cc2)c2ccccc21. The van der Waals surface area contributed by atoms with Crippen molar-refractivity contribution in [1.29, 1.82) is 0 Å². The molecule has 0 atom stereocenters. The highest BCUT2D eigenvalue weighted by molar-refractivity contribution is 7.91. The molecule has 10 nitrogen and oxygen atoms in total. The third-order valence-corrected chi connectivity index (χ3v) is 36.1. The molecule has 4 aliphatic rings. The summed E-state index contributed by atoms with van der Waals surface area (Å²) < 4.78 is 61.2. The highest BCUT2D eigenvalue weighted by Crippen LogP contribution is 2.60. The molecule has 21 aromatic carbocycles. The van der Waals surface area contributed by atoms with Crippen LogP contribution in [0.2, 0.25) is 0 Å². The molecule has 0 saturated carbocycles. The van der Waals surface area contributed by atoms with Crippen molar-refractivity contribution in [3.05, 3.63) is 530 Å². The minimum Gasteiger partial charge on any atom is -0.310 e. The average Bonchev–Trinajstić information content (AvgIpc) is 1.04. The van der Waals surface area contributed by atoms with Crippen LogP contribution >= 0.6 is 0 Å². The summed E-state index contributed by atoms with van der Waals surface area (Å²) in [6.07, 6.45) is 0. The fourth-order valence-corrected chi connectivity index (χ4v) is 27.4.